The van der Waals surface area contributed by atoms with Crippen LogP contribution in [0.15, 0.2) is 27.6 Å². The summed E-state index contributed by atoms with van der Waals surface area (Å²) in [6, 6.07) is 4.96. The van der Waals surface area contributed by atoms with E-state index in [2.05, 4.69) is 20.7 Å². The van der Waals surface area contributed by atoms with E-state index in [9.17, 15) is 8.42 Å². The predicted octanol–water partition coefficient (Wildman–Crippen LogP) is 2.58. The van der Waals surface area contributed by atoms with Crippen LogP contribution in [0.25, 0.3) is 0 Å². The average Bonchev–Trinajstić information content (AvgIpc) is 2.46. The van der Waals surface area contributed by atoms with Crippen LogP contribution in [0.3, 0.4) is 0 Å². The van der Waals surface area contributed by atoms with Gasteiger partial charge in [-0.2, -0.15) is 23.5 Å². The van der Waals surface area contributed by atoms with E-state index >= 15 is 0 Å². The van der Waals surface area contributed by atoms with Crippen LogP contribution >= 0.6 is 39.5 Å². The van der Waals surface area contributed by atoms with Crippen LogP contribution in [-0.4, -0.2) is 44.6 Å². The molecule has 0 aromatic heterocycles. The molecule has 0 radical (unpaired) electrons. The summed E-state index contributed by atoms with van der Waals surface area (Å²) >= 11 is 6.99. The highest BCUT2D eigenvalue weighted by Crippen LogP contribution is 2.28. The topological polar surface area (TPSA) is 55.4 Å². The van der Waals surface area contributed by atoms with E-state index in [1.165, 1.54) is 7.11 Å². The molecule has 2 rings (SSSR count). The van der Waals surface area contributed by atoms with E-state index < -0.39 is 10.0 Å². The Balaban J connectivity index is 2.11. The Morgan fingerprint density at radius 1 is 1.45 bits per heavy atom. The molecule has 1 unspecified atom stereocenters. The normalized spacial score (nSPS) is 19.8. The maximum Gasteiger partial charge on any atom is 0.244 e. The number of hydrogen-bond acceptors (Lipinski definition) is 5. The summed E-state index contributed by atoms with van der Waals surface area (Å²) in [7, 11) is -2.08. The molecular formula is C12H16BrNO3S3. The summed E-state index contributed by atoms with van der Waals surface area (Å²) in [5, 5.41) is 0.335. The van der Waals surface area contributed by atoms with Crippen molar-refractivity contribution in [1.29, 1.82) is 0 Å². The summed E-state index contributed by atoms with van der Waals surface area (Å²) in [5.41, 5.74) is 0. The Hall–Kier alpha value is 0.110. The van der Waals surface area contributed by atoms with Crippen molar-refractivity contribution in [1.82, 2.24) is 4.72 Å². The summed E-state index contributed by atoms with van der Waals surface area (Å²) in [6.07, 6.45) is 0. The second kappa shape index (κ2) is 7.40. The van der Waals surface area contributed by atoms with Gasteiger partial charge in [-0.15, -0.1) is 0 Å². The highest BCUT2D eigenvalue weighted by Gasteiger charge is 2.22. The Morgan fingerprint density at radius 2 is 2.25 bits per heavy atom. The molecule has 1 aliphatic heterocycles. The zero-order chi connectivity index (χ0) is 14.6. The van der Waals surface area contributed by atoms with Crippen molar-refractivity contribution >= 4 is 49.5 Å². The SMILES string of the molecule is COc1ccc(Br)cc1S(=O)(=O)NCC1CSCCS1. The number of nitrogens with one attached hydrogen (secondary N) is 1. The first-order valence-corrected chi connectivity index (χ1v) is 10.5. The predicted molar refractivity (Wildman–Crippen MR) is 89.5 cm³/mol. The van der Waals surface area contributed by atoms with Crippen molar-refractivity contribution in [2.75, 3.05) is 30.9 Å². The Kier molecular flexibility index (Phi) is 6.09. The van der Waals surface area contributed by atoms with Crippen molar-refractivity contribution in [2.24, 2.45) is 0 Å². The molecular weight excluding hydrogens is 382 g/mol. The van der Waals surface area contributed by atoms with Gasteiger partial charge >= 0.3 is 0 Å². The molecule has 1 aliphatic rings. The third-order valence-electron chi connectivity index (χ3n) is 2.80. The lowest BCUT2D eigenvalue weighted by Gasteiger charge is -2.21. The zero-order valence-electron chi connectivity index (χ0n) is 11.0. The number of hydrogen-bond donors (Lipinski definition) is 1. The number of ether oxygens (including phenoxy) is 1. The van der Waals surface area contributed by atoms with E-state index in [1.54, 1.807) is 18.2 Å². The molecule has 1 atom stereocenters. The third kappa shape index (κ3) is 4.30. The number of halogens is 1. The van der Waals surface area contributed by atoms with E-state index in [0.717, 1.165) is 17.3 Å². The smallest absolute Gasteiger partial charge is 0.244 e. The molecule has 112 valence electrons. The molecule has 0 amide bonds. The molecule has 1 saturated heterocycles. The standard InChI is InChI=1S/C12H16BrNO3S3/c1-17-11-3-2-9(13)6-12(11)20(15,16)14-7-10-8-18-4-5-19-10/h2-3,6,10,14H,4-5,7-8H2,1H3. The van der Waals surface area contributed by atoms with E-state index in [0.29, 0.717) is 22.0 Å². The average molecular weight is 398 g/mol. The van der Waals surface area contributed by atoms with Gasteiger partial charge < -0.3 is 4.74 Å². The maximum absolute atomic E-state index is 12.4. The minimum absolute atomic E-state index is 0.169. The first kappa shape index (κ1) is 16.5. The monoisotopic (exact) mass is 397 g/mol. The third-order valence-corrected chi connectivity index (χ3v) is 7.58. The fraction of sp³-hybridized carbons (Fsp3) is 0.500. The van der Waals surface area contributed by atoms with Crippen LogP contribution in [0.4, 0.5) is 0 Å². The largest absolute Gasteiger partial charge is 0.495 e. The van der Waals surface area contributed by atoms with Gasteiger partial charge in [-0.25, -0.2) is 13.1 Å². The lowest BCUT2D eigenvalue weighted by molar-refractivity contribution is 0.402. The van der Waals surface area contributed by atoms with Gasteiger partial charge in [0.15, 0.2) is 0 Å². The first-order chi connectivity index (χ1) is 9.53. The van der Waals surface area contributed by atoms with Crippen molar-refractivity contribution in [2.45, 2.75) is 10.1 Å². The van der Waals surface area contributed by atoms with Gasteiger partial charge in [-0.3, -0.25) is 0 Å². The van der Waals surface area contributed by atoms with Gasteiger partial charge in [0.25, 0.3) is 0 Å². The van der Waals surface area contributed by atoms with Crippen molar-refractivity contribution in [3.8, 4) is 5.75 Å². The van der Waals surface area contributed by atoms with Gasteiger partial charge in [-0.05, 0) is 18.2 Å². The molecule has 0 aliphatic carbocycles. The van der Waals surface area contributed by atoms with E-state index in [4.69, 9.17) is 4.74 Å². The molecule has 1 heterocycles. The van der Waals surface area contributed by atoms with Crippen LogP contribution in [0, 0.1) is 0 Å². The van der Waals surface area contributed by atoms with Gasteiger partial charge in [0.1, 0.15) is 10.6 Å². The summed E-state index contributed by atoms with van der Waals surface area (Å²) in [5.74, 6) is 3.57. The molecule has 1 fully saturated rings. The molecule has 0 spiro atoms. The van der Waals surface area contributed by atoms with Crippen LogP contribution < -0.4 is 9.46 Å². The molecule has 4 nitrogen and oxygen atoms in total. The Morgan fingerprint density at radius 3 is 2.90 bits per heavy atom. The second-order valence-electron chi connectivity index (χ2n) is 4.21. The molecule has 0 saturated carbocycles. The first-order valence-electron chi connectivity index (χ1n) is 6.05. The Labute approximate surface area is 136 Å². The van der Waals surface area contributed by atoms with Gasteiger partial charge in [0.2, 0.25) is 10.0 Å². The molecule has 1 N–H and O–H groups in total. The molecule has 0 bridgehead atoms. The zero-order valence-corrected chi connectivity index (χ0v) is 15.0. The minimum atomic E-state index is -3.55. The van der Waals surface area contributed by atoms with Crippen LogP contribution in [0.2, 0.25) is 0 Å². The molecule has 1 aromatic carbocycles. The lowest BCUT2D eigenvalue weighted by Crippen LogP contribution is -2.33. The highest BCUT2D eigenvalue weighted by atomic mass is 79.9. The Bertz CT molecular complexity index is 559. The van der Waals surface area contributed by atoms with Crippen LogP contribution in [0.1, 0.15) is 0 Å². The van der Waals surface area contributed by atoms with E-state index in [1.807, 2.05) is 23.5 Å². The second-order valence-corrected chi connectivity index (χ2v) is 9.42. The summed E-state index contributed by atoms with van der Waals surface area (Å²) in [4.78, 5) is 0.169. The van der Waals surface area contributed by atoms with Crippen molar-refractivity contribution < 1.29 is 13.2 Å². The van der Waals surface area contributed by atoms with Crippen LogP contribution in [0.5, 0.6) is 5.75 Å². The molecule has 1 aromatic rings. The number of thioether (sulfide) groups is 2. The summed E-state index contributed by atoms with van der Waals surface area (Å²) in [6.45, 7) is 0.454. The number of rotatable bonds is 5. The highest BCUT2D eigenvalue weighted by molar-refractivity contribution is 9.10. The summed E-state index contributed by atoms with van der Waals surface area (Å²) < 4.78 is 33.3. The number of benzene rings is 1. The quantitative estimate of drug-likeness (QED) is 0.827. The van der Waals surface area contributed by atoms with Gasteiger partial charge in [0.05, 0.1) is 7.11 Å². The fourth-order valence-corrected chi connectivity index (χ4v) is 6.30. The maximum atomic E-state index is 12.4. The van der Waals surface area contributed by atoms with Crippen LogP contribution in [-0.2, 0) is 10.0 Å². The molecule has 8 heteroatoms. The van der Waals surface area contributed by atoms with Crippen molar-refractivity contribution in [3.05, 3.63) is 22.7 Å². The lowest BCUT2D eigenvalue weighted by atomic mass is 10.3. The van der Waals surface area contributed by atoms with Crippen molar-refractivity contribution in [3.63, 3.8) is 0 Å². The fourth-order valence-electron chi connectivity index (χ4n) is 1.80. The van der Waals surface area contributed by atoms with Gasteiger partial charge in [-0.1, -0.05) is 15.9 Å². The minimum Gasteiger partial charge on any atom is -0.495 e. The number of sulfonamides is 1. The molecule has 20 heavy (non-hydrogen) atoms. The van der Waals surface area contributed by atoms with Gasteiger partial charge in [0, 0.05) is 33.5 Å². The number of methoxy groups -OCH3 is 1. The van der Waals surface area contributed by atoms with E-state index in [-0.39, 0.29) is 4.90 Å².